The van der Waals surface area contributed by atoms with Crippen molar-refractivity contribution < 1.29 is 9.90 Å². The van der Waals surface area contributed by atoms with E-state index in [0.29, 0.717) is 6.42 Å². The van der Waals surface area contributed by atoms with Crippen LogP contribution in [0.3, 0.4) is 0 Å². The molecular weight excluding hydrogens is 296 g/mol. The second-order valence-corrected chi connectivity index (χ2v) is 6.08. The van der Waals surface area contributed by atoms with Crippen LogP contribution in [0.2, 0.25) is 0 Å². The van der Waals surface area contributed by atoms with Gasteiger partial charge < -0.3 is 5.11 Å². The molecule has 0 radical (unpaired) electrons. The van der Waals surface area contributed by atoms with Crippen molar-refractivity contribution in [1.82, 2.24) is 0 Å². The summed E-state index contributed by atoms with van der Waals surface area (Å²) < 4.78 is 0. The van der Waals surface area contributed by atoms with Crippen LogP contribution in [0.25, 0.3) is 0 Å². The molecule has 0 aromatic heterocycles. The van der Waals surface area contributed by atoms with Gasteiger partial charge in [-0.1, -0.05) is 74.8 Å². The molecule has 0 saturated carbocycles. The summed E-state index contributed by atoms with van der Waals surface area (Å²) in [7, 11) is 0. The summed E-state index contributed by atoms with van der Waals surface area (Å²) in [5, 5.41) is 8.53. The van der Waals surface area contributed by atoms with Crippen LogP contribution in [-0.2, 0) is 4.79 Å². The average Bonchev–Trinajstić information content (AvgIpc) is 2.56. The second-order valence-electron chi connectivity index (χ2n) is 6.08. The number of rotatable bonds is 16. The van der Waals surface area contributed by atoms with Crippen LogP contribution >= 0.6 is 0 Å². The predicted molar refractivity (Wildman–Crippen MR) is 105 cm³/mol. The highest BCUT2D eigenvalue weighted by atomic mass is 16.4. The molecule has 2 nitrogen and oxygen atoms in total. The van der Waals surface area contributed by atoms with Gasteiger partial charge in [0.25, 0.3) is 0 Å². The van der Waals surface area contributed by atoms with Crippen LogP contribution in [-0.4, -0.2) is 11.1 Å². The average molecular weight is 333 g/mol. The Morgan fingerprint density at radius 1 is 0.667 bits per heavy atom. The van der Waals surface area contributed by atoms with Gasteiger partial charge in [0, 0.05) is 6.42 Å². The summed E-state index contributed by atoms with van der Waals surface area (Å²) in [6.07, 6.45) is 30.2. The molecule has 0 amide bonds. The molecule has 0 saturated heterocycles. The minimum absolute atomic E-state index is 0.300. The van der Waals surface area contributed by atoms with Gasteiger partial charge in [-0.2, -0.15) is 0 Å². The van der Waals surface area contributed by atoms with Gasteiger partial charge in [0.2, 0.25) is 0 Å². The summed E-state index contributed by atoms with van der Waals surface area (Å²) in [4.78, 5) is 10.4. The lowest BCUT2D eigenvalue weighted by Crippen LogP contribution is -1.93. The van der Waals surface area contributed by atoms with Crippen LogP contribution in [0.15, 0.2) is 48.6 Å². The fraction of sp³-hybridized carbons (Fsp3) is 0.591. The zero-order chi connectivity index (χ0) is 17.7. The molecule has 0 unspecified atom stereocenters. The number of unbranched alkanes of at least 4 members (excludes halogenated alkanes) is 6. The maximum Gasteiger partial charge on any atom is 0.303 e. The van der Waals surface area contributed by atoms with Gasteiger partial charge >= 0.3 is 5.97 Å². The van der Waals surface area contributed by atoms with Crippen molar-refractivity contribution in [3.05, 3.63) is 48.6 Å². The van der Waals surface area contributed by atoms with E-state index in [1.807, 2.05) is 0 Å². The number of hydrogen-bond acceptors (Lipinski definition) is 1. The Labute approximate surface area is 149 Å². The van der Waals surface area contributed by atoms with Gasteiger partial charge in [-0.25, -0.2) is 0 Å². The SMILES string of the molecule is CCCCC/C=C/C/C=C\C/C=C/C/C=C\CCCCCC(=O)O. The van der Waals surface area contributed by atoms with Crippen LogP contribution in [0, 0.1) is 0 Å². The smallest absolute Gasteiger partial charge is 0.303 e. The monoisotopic (exact) mass is 332 g/mol. The molecule has 0 atom stereocenters. The molecule has 0 aliphatic carbocycles. The van der Waals surface area contributed by atoms with Gasteiger partial charge in [-0.05, 0) is 51.4 Å². The third-order valence-corrected chi connectivity index (χ3v) is 3.72. The van der Waals surface area contributed by atoms with E-state index < -0.39 is 5.97 Å². The summed E-state index contributed by atoms with van der Waals surface area (Å²) in [6, 6.07) is 0. The van der Waals surface area contributed by atoms with Crippen molar-refractivity contribution in [2.45, 2.75) is 84.0 Å². The standard InChI is InChI=1S/C22H36O2/c1-2-3-4-5-6-7-8-9-10-11-12-13-14-15-16-17-18-19-20-21-22(23)24/h6-7,9-10,12-13,15-16H,2-5,8,11,14,17-21H2,1H3,(H,23,24)/b7-6+,10-9-,13-12+,16-15-. The maximum absolute atomic E-state index is 10.4. The molecule has 2 heteroatoms. The van der Waals surface area contributed by atoms with E-state index in [4.69, 9.17) is 5.11 Å². The van der Waals surface area contributed by atoms with Gasteiger partial charge in [0.05, 0.1) is 0 Å². The van der Waals surface area contributed by atoms with Crippen LogP contribution in [0.4, 0.5) is 0 Å². The fourth-order valence-electron chi connectivity index (χ4n) is 2.28. The molecule has 0 heterocycles. The van der Waals surface area contributed by atoms with Crippen molar-refractivity contribution in [3.8, 4) is 0 Å². The first-order chi connectivity index (χ1) is 11.8. The predicted octanol–water partition coefficient (Wildman–Crippen LogP) is 7.00. The van der Waals surface area contributed by atoms with E-state index in [2.05, 4.69) is 55.5 Å². The molecule has 0 fully saturated rings. The molecule has 24 heavy (non-hydrogen) atoms. The first-order valence-electron chi connectivity index (χ1n) is 9.59. The highest BCUT2D eigenvalue weighted by Gasteiger charge is 1.94. The van der Waals surface area contributed by atoms with Crippen molar-refractivity contribution in [3.63, 3.8) is 0 Å². The highest BCUT2D eigenvalue weighted by Crippen LogP contribution is 2.04. The zero-order valence-electron chi connectivity index (χ0n) is 15.5. The van der Waals surface area contributed by atoms with Gasteiger partial charge in [-0.3, -0.25) is 4.79 Å². The lowest BCUT2D eigenvalue weighted by Gasteiger charge is -1.94. The van der Waals surface area contributed by atoms with E-state index in [9.17, 15) is 4.79 Å². The van der Waals surface area contributed by atoms with Crippen molar-refractivity contribution in [1.29, 1.82) is 0 Å². The van der Waals surface area contributed by atoms with Gasteiger partial charge in [0.1, 0.15) is 0 Å². The Kier molecular flexibility index (Phi) is 18.2. The first-order valence-corrected chi connectivity index (χ1v) is 9.59. The molecule has 0 bridgehead atoms. The lowest BCUT2D eigenvalue weighted by atomic mass is 10.1. The molecular formula is C22H36O2. The Balaban J connectivity index is 3.37. The Bertz CT molecular complexity index is 389. The third kappa shape index (κ3) is 20.4. The van der Waals surface area contributed by atoms with Crippen LogP contribution in [0.5, 0.6) is 0 Å². The van der Waals surface area contributed by atoms with E-state index in [1.165, 1.54) is 25.7 Å². The van der Waals surface area contributed by atoms with Crippen molar-refractivity contribution in [2.75, 3.05) is 0 Å². The first kappa shape index (κ1) is 22.4. The molecule has 0 aromatic carbocycles. The maximum atomic E-state index is 10.4. The second kappa shape index (κ2) is 19.5. The minimum atomic E-state index is -0.687. The van der Waals surface area contributed by atoms with Crippen molar-refractivity contribution in [2.24, 2.45) is 0 Å². The minimum Gasteiger partial charge on any atom is -0.481 e. The number of carbonyl (C=O) groups is 1. The van der Waals surface area contributed by atoms with E-state index >= 15 is 0 Å². The molecule has 1 N–H and O–H groups in total. The fourth-order valence-corrected chi connectivity index (χ4v) is 2.28. The van der Waals surface area contributed by atoms with Crippen LogP contribution in [0.1, 0.15) is 84.0 Å². The molecule has 0 rings (SSSR count). The van der Waals surface area contributed by atoms with E-state index in [1.54, 1.807) is 0 Å². The zero-order valence-corrected chi connectivity index (χ0v) is 15.5. The van der Waals surface area contributed by atoms with E-state index in [0.717, 1.165) is 44.9 Å². The molecule has 0 aliphatic heterocycles. The lowest BCUT2D eigenvalue weighted by molar-refractivity contribution is -0.137. The van der Waals surface area contributed by atoms with E-state index in [-0.39, 0.29) is 0 Å². The van der Waals surface area contributed by atoms with Gasteiger partial charge in [0.15, 0.2) is 0 Å². The van der Waals surface area contributed by atoms with Gasteiger partial charge in [-0.15, -0.1) is 0 Å². The number of aliphatic carboxylic acids is 1. The summed E-state index contributed by atoms with van der Waals surface area (Å²) in [5.41, 5.74) is 0. The largest absolute Gasteiger partial charge is 0.481 e. The number of carboxylic acid groups (broad SMARTS) is 1. The third-order valence-electron chi connectivity index (χ3n) is 3.72. The van der Waals surface area contributed by atoms with Crippen LogP contribution < -0.4 is 0 Å². The number of allylic oxidation sites excluding steroid dienone is 8. The molecule has 136 valence electrons. The topological polar surface area (TPSA) is 37.3 Å². The Morgan fingerprint density at radius 2 is 1.12 bits per heavy atom. The summed E-state index contributed by atoms with van der Waals surface area (Å²) >= 11 is 0. The quantitative estimate of drug-likeness (QED) is 0.244. The summed E-state index contributed by atoms with van der Waals surface area (Å²) in [5.74, 6) is -0.687. The molecule has 0 aromatic rings. The molecule has 0 spiro atoms. The number of hydrogen-bond donors (Lipinski definition) is 1. The highest BCUT2D eigenvalue weighted by molar-refractivity contribution is 5.66. The normalized spacial score (nSPS) is 12.4. The Hall–Kier alpha value is -1.57. The van der Waals surface area contributed by atoms with Crippen molar-refractivity contribution >= 4 is 5.97 Å². The number of carboxylic acids is 1. The Morgan fingerprint density at radius 3 is 1.58 bits per heavy atom. The summed E-state index contributed by atoms with van der Waals surface area (Å²) in [6.45, 7) is 2.24. The molecule has 0 aliphatic rings.